The molecule has 0 unspecified atom stereocenters. The van der Waals surface area contributed by atoms with Gasteiger partial charge in [0.05, 0.1) is 115 Å². The van der Waals surface area contributed by atoms with Crippen molar-refractivity contribution >= 4 is 94.5 Å². The summed E-state index contributed by atoms with van der Waals surface area (Å²) in [6.07, 6.45) is 0. The van der Waals surface area contributed by atoms with Gasteiger partial charge in [0.1, 0.15) is 0 Å². The Balaban J connectivity index is 0.000000164. The van der Waals surface area contributed by atoms with Crippen molar-refractivity contribution in [3.63, 3.8) is 0 Å². The molecule has 0 aliphatic rings. The van der Waals surface area contributed by atoms with Crippen LogP contribution in [0.2, 0.25) is 0 Å². The predicted octanol–water partition coefficient (Wildman–Crippen LogP) is 37.6. The van der Waals surface area contributed by atoms with E-state index in [9.17, 15) is 23.3 Å². The molecular formula is C138H93N9S3. The van der Waals surface area contributed by atoms with Crippen LogP contribution in [0.25, 0.3) is 263 Å². The summed E-state index contributed by atoms with van der Waals surface area (Å²) in [5, 5.41) is -2.33. The van der Waals surface area contributed by atoms with Gasteiger partial charge in [0.2, 0.25) is 0 Å². The van der Waals surface area contributed by atoms with Gasteiger partial charge in [-0.25, -0.2) is 44.9 Å². The molecule has 0 amide bonds. The van der Waals surface area contributed by atoms with Gasteiger partial charge < -0.3 is 0 Å². The molecule has 0 radical (unpaired) electrons. The maximum Gasteiger partial charge on any atom is 0.165 e. The van der Waals surface area contributed by atoms with Crippen LogP contribution >= 0.6 is 34.0 Å². The van der Waals surface area contributed by atoms with E-state index >= 15 is 0 Å². The lowest BCUT2D eigenvalue weighted by molar-refractivity contribution is 1.07. The van der Waals surface area contributed by atoms with Gasteiger partial charge in [0, 0.05) is 111 Å². The molecule has 6 heterocycles. The molecule has 0 saturated heterocycles. The van der Waals surface area contributed by atoms with Gasteiger partial charge in [-0.1, -0.05) is 494 Å². The van der Waals surface area contributed by atoms with Gasteiger partial charge >= 0.3 is 0 Å². The maximum absolute atomic E-state index is 9.76. The molecule has 21 aromatic carbocycles. The molecule has 9 nitrogen and oxygen atoms in total. The van der Waals surface area contributed by atoms with Gasteiger partial charge in [-0.15, -0.1) is 34.0 Å². The number of thiophene rings is 3. The lowest BCUT2D eigenvalue weighted by Gasteiger charge is -2.10. The molecule has 27 rings (SSSR count). The zero-order chi connectivity index (χ0) is 173. The molecule has 150 heavy (non-hydrogen) atoms. The first-order valence-electron chi connectivity index (χ1n) is 85.5. The number of hydrogen-bond acceptors (Lipinski definition) is 12. The SMILES string of the molecule is [2H]c1c([2H])c([2H])c(-c2nc(-c3c([2H])c([2H])c(-c4c([2H])c([2H])c([2H])c(C)c4[2H])c([2H])c3[2H])nc(-c3c([2H])c([2H])c([2H])c(-c4c([2H])c([2H])c([2H])c5c4sc4c(-c6c([2H])c([2H])c([2H])c([2H])c6[2H])c([2H])c([2H])c([2H])c45)c3[2H])n2)c([2H])c1[2H].[2H]c1c([2H])c([2H])c(-c2nc(-c3c([2H])c([2H])c(C)c([2H])c3[2H])nc(-c3c([2H])c([2H])c([2H])c4c3sc3c(-c5c([2H])c([2H])c([2H])c(-c6c([2H])c([2H])c(-c7c([2H])c([2H])c([2H])c([2H])c7[2H])c([2H])c6[2H])c5[2H])c([2H])c([2H])c([2H])c34)n2)c([2H])c1[2H].[2H]c1c([2H])c([2H])c(-c2nc(-c3c([2H])c([2H])c([2H])c(C)c3[2H])nc(-c3c([2H])c([2H])c([2H])c(-c4c([2H])c([2H])c([2H])c5c4sc4c(-c6c([2H])c([2H])c(-c7c([2H])c([2H])c([2H])c([2H])c7[2H])c([2H])c6[2H])c([2H])c([2H])c([2H])c45)c3[2H])n2)c([2H])c1[2H]. The van der Waals surface area contributed by atoms with Crippen molar-refractivity contribution in [1.82, 2.24) is 44.9 Å². The van der Waals surface area contributed by atoms with Gasteiger partial charge in [0.15, 0.2) is 52.4 Å². The van der Waals surface area contributed by atoms with Crippen LogP contribution in [0.5, 0.6) is 0 Å². The van der Waals surface area contributed by atoms with Crippen LogP contribution in [0.4, 0.5) is 0 Å². The highest BCUT2D eigenvalue weighted by Gasteiger charge is 2.24. The average Bonchev–Trinajstić information content (AvgIpc) is 1.55. The predicted molar refractivity (Wildman–Crippen MR) is 630 cm³/mol. The van der Waals surface area contributed by atoms with Crippen LogP contribution in [0, 0.1) is 20.8 Å². The number of benzene rings is 21. The van der Waals surface area contributed by atoms with Gasteiger partial charge in [-0.3, -0.25) is 0 Å². The van der Waals surface area contributed by atoms with E-state index in [2.05, 4.69) is 44.9 Å². The summed E-state index contributed by atoms with van der Waals surface area (Å²) in [7, 11) is 0. The second-order valence-electron chi connectivity index (χ2n) is 30.9. The highest BCUT2D eigenvalue weighted by Crippen LogP contribution is 2.50. The first-order chi connectivity index (χ1) is 109. The lowest BCUT2D eigenvalue weighted by atomic mass is 9.96. The van der Waals surface area contributed by atoms with Crippen molar-refractivity contribution in [2.45, 2.75) is 20.8 Å². The summed E-state index contributed by atoms with van der Waals surface area (Å²) in [4.78, 5) is 39.0. The number of rotatable bonds is 18. The first kappa shape index (κ1) is 38.9. The van der Waals surface area contributed by atoms with E-state index in [4.69, 9.17) is 91.8 Å². The van der Waals surface area contributed by atoms with Crippen LogP contribution < -0.4 is 0 Å². The molecule has 0 atom stereocenters. The fourth-order valence-electron chi connectivity index (χ4n) is 14.8. The third-order valence-electron chi connectivity index (χ3n) is 21.5. The van der Waals surface area contributed by atoms with Crippen LogP contribution in [-0.2, 0) is 0 Å². The monoisotopic (exact) mass is 2060 g/mol. The number of hydrogen-bond donors (Lipinski definition) is 0. The van der Waals surface area contributed by atoms with E-state index in [1.54, 1.807) is 0 Å². The summed E-state index contributed by atoms with van der Waals surface area (Å²) in [6.45, 7) is 3.90. The molecule has 0 saturated carbocycles. The number of nitrogens with zero attached hydrogens (tertiary/aromatic N) is 9. The quantitative estimate of drug-likeness (QED) is 0.0828. The van der Waals surface area contributed by atoms with E-state index in [1.807, 2.05) is 0 Å². The Hall–Kier alpha value is -18.7. The number of aromatic nitrogens is 9. The Morgan fingerprint density at radius 1 is 0.127 bits per heavy atom. The van der Waals surface area contributed by atoms with Crippen LogP contribution in [-0.4, -0.2) is 44.9 Å². The van der Waals surface area contributed by atoms with Crippen molar-refractivity contribution in [2.24, 2.45) is 0 Å². The third-order valence-corrected chi connectivity index (χ3v) is 25.2. The summed E-state index contributed by atoms with van der Waals surface area (Å²) < 4.78 is 738. The van der Waals surface area contributed by atoms with Crippen molar-refractivity contribution in [3.8, 4) is 203 Å². The molecule has 12 heteroatoms. The Morgan fingerprint density at radius 2 is 0.307 bits per heavy atom. The van der Waals surface area contributed by atoms with Crippen molar-refractivity contribution in [3.05, 3.63) is 524 Å². The molecule has 0 fully saturated rings. The van der Waals surface area contributed by atoms with Crippen molar-refractivity contribution < 1.29 is 115 Å². The second-order valence-corrected chi connectivity index (χ2v) is 34.0. The number of fused-ring (bicyclic) bond motifs is 9. The smallest absolute Gasteiger partial charge is 0.165 e. The zero-order valence-corrected chi connectivity index (χ0v) is 78.2. The highest BCUT2D eigenvalue weighted by molar-refractivity contribution is 7.27. The zero-order valence-electron chi connectivity index (χ0n) is 160. The average molecular weight is 2060 g/mol. The van der Waals surface area contributed by atoms with E-state index < -0.39 is 726 Å². The summed E-state index contributed by atoms with van der Waals surface area (Å²) in [5.41, 5.74) is -18.3. The van der Waals surface area contributed by atoms with Crippen molar-refractivity contribution in [2.75, 3.05) is 0 Å². The Morgan fingerprint density at radius 3 is 0.640 bits per heavy atom. The van der Waals surface area contributed by atoms with Crippen molar-refractivity contribution in [1.29, 1.82) is 0 Å². The minimum Gasteiger partial charge on any atom is -0.208 e. The first-order valence-corrected chi connectivity index (χ1v) is 45.9. The standard InChI is InChI=1S/3C46H31N3S/c1-30-12-8-18-36(28-30)45-47-44(34-15-6-3-7-16-34)48-46(49-45)37-19-9-17-35(29-37)39-21-11-23-41-40-22-10-20-38(42(40)50-43(39)41)33-26-24-32(25-27-33)31-13-4-2-5-14-31;1-30-12-8-17-35(28-30)31-24-26-34(27-25-31)45-47-44(33-15-6-3-7-16-33)48-46(49-45)37-19-9-18-36(29-37)39-21-11-23-41-40-22-10-20-38(42(40)50-43(39)41)32-13-4-2-5-14-32;1-30-21-23-35(24-22-30)45-47-44(34-13-6-3-7-14-34)48-46(49-45)41-20-10-19-40-39-18-9-17-38(42(39)50-43(40)41)37-16-8-15-36(29-37)33-27-25-32(26-28-33)31-11-4-2-5-12-31/h3*2-29H,1H3/i3*2D,3D,4D,5D,6D,7D,8D,9D,10D,11D,12D,13D,14D,15D,16D,17D,18D,19D,20D,21D,22D,23D,24D,25D,26D,27D,28D,29D. The summed E-state index contributed by atoms with van der Waals surface area (Å²) in [6, 6.07) is -71.2. The highest BCUT2D eigenvalue weighted by atomic mass is 32.1. The van der Waals surface area contributed by atoms with E-state index in [0.717, 1.165) is 0 Å². The maximum atomic E-state index is 9.76. The Bertz CT molecular complexity index is 14900. The van der Waals surface area contributed by atoms with E-state index in [0.29, 0.717) is 34.0 Å². The third kappa shape index (κ3) is 18.9. The van der Waals surface area contributed by atoms with Crippen LogP contribution in [0.1, 0.15) is 132 Å². The minimum absolute atomic E-state index is 0.0787. The fraction of sp³-hybridized carbons (Fsp3) is 0.0217. The normalized spacial score (nSPS) is 19.1. The van der Waals surface area contributed by atoms with E-state index in [-0.39, 0.29) is 61.0 Å². The molecule has 27 aromatic rings. The molecular weight excluding hydrogens is 1880 g/mol. The van der Waals surface area contributed by atoms with Gasteiger partial charge in [-0.2, -0.15) is 0 Å². The van der Waals surface area contributed by atoms with Gasteiger partial charge in [0.25, 0.3) is 0 Å². The summed E-state index contributed by atoms with van der Waals surface area (Å²) in [5.74, 6) is -6.97. The lowest BCUT2D eigenvalue weighted by Crippen LogP contribution is -2.00. The van der Waals surface area contributed by atoms with Crippen LogP contribution in [0.3, 0.4) is 0 Å². The molecule has 6 aromatic heterocycles. The van der Waals surface area contributed by atoms with E-state index in [1.165, 1.54) is 20.8 Å². The molecule has 708 valence electrons. The molecule has 0 N–H and O–H groups in total. The Kier molecular flexibility index (Phi) is 10.7. The summed E-state index contributed by atoms with van der Waals surface area (Å²) >= 11 is 1.58. The minimum atomic E-state index is -1.02. The molecule has 0 aliphatic heterocycles. The fourth-order valence-corrected chi connectivity index (χ4v) is 18.4. The van der Waals surface area contributed by atoms with Crippen LogP contribution in [0.15, 0.2) is 508 Å². The molecule has 0 bridgehead atoms. The topological polar surface area (TPSA) is 116 Å². The Labute approximate surface area is 1000 Å². The molecule has 0 aliphatic carbocycles. The molecule has 0 spiro atoms. The largest absolute Gasteiger partial charge is 0.208 e. The van der Waals surface area contributed by atoms with Gasteiger partial charge in [-0.05, 0) is 151 Å². The second kappa shape index (κ2) is 41.1.